The molecule has 15 heavy (non-hydrogen) atoms. The molecule has 1 nitrogen and oxygen atoms in total. The Bertz CT molecular complexity index is 426. The molecule has 1 aromatic heterocycles. The number of alkyl halides is 3. The van der Waals surface area contributed by atoms with Crippen LogP contribution in [0.4, 0.5) is 13.2 Å². The van der Waals surface area contributed by atoms with Gasteiger partial charge in [0.15, 0.2) is 0 Å². The van der Waals surface area contributed by atoms with Crippen molar-refractivity contribution in [1.82, 2.24) is 4.98 Å². The zero-order valence-corrected chi connectivity index (χ0v) is 7.68. The molecule has 0 saturated heterocycles. The minimum Gasteiger partial charge on any atom is -0.361 e. The predicted molar refractivity (Wildman–Crippen MR) is 51.2 cm³/mol. The molecule has 0 aliphatic rings. The number of nitrogens with one attached hydrogen (secondary N) is 1. The highest BCUT2D eigenvalue weighted by Crippen LogP contribution is 2.30. The molecule has 0 radical (unpaired) electrons. The van der Waals surface area contributed by atoms with Gasteiger partial charge in [0.1, 0.15) is 0 Å². The van der Waals surface area contributed by atoms with Gasteiger partial charge in [0.05, 0.1) is 5.56 Å². The van der Waals surface area contributed by atoms with Crippen LogP contribution in [0.1, 0.15) is 5.56 Å². The van der Waals surface area contributed by atoms with Crippen molar-refractivity contribution in [3.05, 3.63) is 48.2 Å². The fourth-order valence-electron chi connectivity index (χ4n) is 1.35. The van der Waals surface area contributed by atoms with Crippen molar-refractivity contribution < 1.29 is 13.2 Å². The van der Waals surface area contributed by atoms with Crippen molar-refractivity contribution in [2.45, 2.75) is 6.18 Å². The Morgan fingerprint density at radius 2 is 1.60 bits per heavy atom. The fraction of sp³-hybridized carbons (Fsp3) is 0.0909. The van der Waals surface area contributed by atoms with E-state index >= 15 is 0 Å². The molecular weight excluding hydrogens is 203 g/mol. The van der Waals surface area contributed by atoms with Crippen molar-refractivity contribution in [3.63, 3.8) is 0 Å². The highest BCUT2D eigenvalue weighted by molar-refractivity contribution is 5.59. The van der Waals surface area contributed by atoms with E-state index < -0.39 is 11.7 Å². The Hall–Kier alpha value is -1.71. The summed E-state index contributed by atoms with van der Waals surface area (Å²) in [6.45, 7) is 0. The lowest BCUT2D eigenvalue weighted by Crippen LogP contribution is -2.03. The summed E-state index contributed by atoms with van der Waals surface area (Å²) in [5, 5.41) is 0. The van der Waals surface area contributed by atoms with Gasteiger partial charge in [0.2, 0.25) is 0 Å². The number of halogens is 3. The molecule has 1 heterocycles. The molecule has 2 aromatic rings. The Balaban J connectivity index is 2.33. The SMILES string of the molecule is FC(F)(F)c1ccc(-c2ccc[nH]2)cc1. The van der Waals surface area contributed by atoms with Gasteiger partial charge < -0.3 is 4.98 Å². The second-order valence-electron chi connectivity index (χ2n) is 3.16. The molecule has 2 rings (SSSR count). The van der Waals surface area contributed by atoms with Crippen LogP contribution in [0.3, 0.4) is 0 Å². The largest absolute Gasteiger partial charge is 0.416 e. The molecule has 78 valence electrons. The Labute approximate surface area is 84.6 Å². The average Bonchev–Trinajstić information content (AvgIpc) is 2.69. The van der Waals surface area contributed by atoms with Crippen LogP contribution in [0.2, 0.25) is 0 Å². The smallest absolute Gasteiger partial charge is 0.361 e. The average molecular weight is 211 g/mol. The van der Waals surface area contributed by atoms with Gasteiger partial charge in [0, 0.05) is 11.9 Å². The normalized spacial score (nSPS) is 11.7. The van der Waals surface area contributed by atoms with E-state index in [0.717, 1.165) is 23.4 Å². The van der Waals surface area contributed by atoms with E-state index in [1.165, 1.54) is 12.1 Å². The second kappa shape index (κ2) is 3.46. The van der Waals surface area contributed by atoms with Crippen molar-refractivity contribution in [2.75, 3.05) is 0 Å². The first-order chi connectivity index (χ1) is 7.07. The Kier molecular flexibility index (Phi) is 2.26. The molecule has 0 aliphatic carbocycles. The number of benzene rings is 1. The van der Waals surface area contributed by atoms with Gasteiger partial charge in [-0.3, -0.25) is 0 Å². The van der Waals surface area contributed by atoms with Gasteiger partial charge in [-0.05, 0) is 29.8 Å². The quantitative estimate of drug-likeness (QED) is 0.740. The molecule has 0 spiro atoms. The highest BCUT2D eigenvalue weighted by Gasteiger charge is 2.29. The standard InChI is InChI=1S/C11H8F3N/c12-11(13,14)9-5-3-8(4-6-9)10-2-1-7-15-10/h1-7,15H. The molecular formula is C11H8F3N. The zero-order chi connectivity index (χ0) is 10.9. The van der Waals surface area contributed by atoms with Crippen LogP contribution < -0.4 is 0 Å². The van der Waals surface area contributed by atoms with Crippen molar-refractivity contribution in [1.29, 1.82) is 0 Å². The molecule has 0 fully saturated rings. The van der Waals surface area contributed by atoms with Crippen LogP contribution in [0, 0.1) is 0 Å². The minimum atomic E-state index is -4.27. The third-order valence-electron chi connectivity index (χ3n) is 2.12. The van der Waals surface area contributed by atoms with Gasteiger partial charge in [-0.2, -0.15) is 13.2 Å². The summed E-state index contributed by atoms with van der Waals surface area (Å²) in [5.41, 5.74) is 0.925. The molecule has 0 bridgehead atoms. The number of aromatic amines is 1. The van der Waals surface area contributed by atoms with Crippen LogP contribution in [0.5, 0.6) is 0 Å². The second-order valence-corrected chi connectivity index (χ2v) is 3.16. The summed E-state index contributed by atoms with van der Waals surface area (Å²) in [6.07, 6.45) is -2.54. The van der Waals surface area contributed by atoms with E-state index in [1.54, 1.807) is 12.3 Å². The molecule has 0 unspecified atom stereocenters. The number of aromatic nitrogens is 1. The first-order valence-corrected chi connectivity index (χ1v) is 4.38. The van der Waals surface area contributed by atoms with Crippen molar-refractivity contribution in [2.24, 2.45) is 0 Å². The maximum absolute atomic E-state index is 12.3. The van der Waals surface area contributed by atoms with Gasteiger partial charge in [0.25, 0.3) is 0 Å². The van der Waals surface area contributed by atoms with Gasteiger partial charge in [-0.1, -0.05) is 12.1 Å². The molecule has 4 heteroatoms. The number of hydrogen-bond acceptors (Lipinski definition) is 0. The monoisotopic (exact) mass is 211 g/mol. The molecule has 1 aromatic carbocycles. The topological polar surface area (TPSA) is 15.8 Å². The minimum absolute atomic E-state index is 0.627. The third-order valence-corrected chi connectivity index (χ3v) is 2.12. The van der Waals surface area contributed by atoms with Crippen LogP contribution in [-0.4, -0.2) is 4.98 Å². The summed E-state index contributed by atoms with van der Waals surface area (Å²) < 4.78 is 36.8. The van der Waals surface area contributed by atoms with Crippen LogP contribution in [-0.2, 0) is 6.18 Å². The van der Waals surface area contributed by atoms with E-state index in [4.69, 9.17) is 0 Å². The molecule has 0 amide bonds. The summed E-state index contributed by atoms with van der Waals surface area (Å²) in [7, 11) is 0. The lowest BCUT2D eigenvalue weighted by Gasteiger charge is -2.06. The third kappa shape index (κ3) is 2.03. The first kappa shape index (κ1) is 9.83. The van der Waals surface area contributed by atoms with Crippen LogP contribution in [0.15, 0.2) is 42.6 Å². The van der Waals surface area contributed by atoms with E-state index in [0.29, 0.717) is 0 Å². The number of H-pyrrole nitrogens is 1. The van der Waals surface area contributed by atoms with E-state index in [2.05, 4.69) is 4.98 Å². The first-order valence-electron chi connectivity index (χ1n) is 4.38. The van der Waals surface area contributed by atoms with Gasteiger partial charge >= 0.3 is 6.18 Å². The maximum atomic E-state index is 12.3. The lowest BCUT2D eigenvalue weighted by atomic mass is 10.1. The molecule has 0 saturated carbocycles. The molecule has 0 atom stereocenters. The number of rotatable bonds is 1. The maximum Gasteiger partial charge on any atom is 0.416 e. The highest BCUT2D eigenvalue weighted by atomic mass is 19.4. The molecule has 1 N–H and O–H groups in total. The van der Waals surface area contributed by atoms with E-state index in [9.17, 15) is 13.2 Å². The Morgan fingerprint density at radius 3 is 2.07 bits per heavy atom. The van der Waals surface area contributed by atoms with Crippen molar-refractivity contribution >= 4 is 0 Å². The number of hydrogen-bond donors (Lipinski definition) is 1. The predicted octanol–water partition coefficient (Wildman–Crippen LogP) is 3.70. The Morgan fingerprint density at radius 1 is 0.933 bits per heavy atom. The van der Waals surface area contributed by atoms with Gasteiger partial charge in [-0.15, -0.1) is 0 Å². The van der Waals surface area contributed by atoms with Crippen LogP contribution >= 0.6 is 0 Å². The summed E-state index contributed by atoms with van der Waals surface area (Å²) in [4.78, 5) is 2.93. The summed E-state index contributed by atoms with van der Waals surface area (Å²) in [6, 6.07) is 8.67. The van der Waals surface area contributed by atoms with Gasteiger partial charge in [-0.25, -0.2) is 0 Å². The van der Waals surface area contributed by atoms with E-state index in [1.807, 2.05) is 6.07 Å². The lowest BCUT2D eigenvalue weighted by molar-refractivity contribution is -0.137. The summed E-state index contributed by atoms with van der Waals surface area (Å²) in [5.74, 6) is 0. The summed E-state index contributed by atoms with van der Waals surface area (Å²) >= 11 is 0. The van der Waals surface area contributed by atoms with E-state index in [-0.39, 0.29) is 0 Å². The molecule has 0 aliphatic heterocycles. The van der Waals surface area contributed by atoms with Crippen LogP contribution in [0.25, 0.3) is 11.3 Å². The van der Waals surface area contributed by atoms with Crippen molar-refractivity contribution in [3.8, 4) is 11.3 Å². The fourth-order valence-corrected chi connectivity index (χ4v) is 1.35. The zero-order valence-electron chi connectivity index (χ0n) is 7.68.